The minimum Gasteiger partial charge on any atom is -0.508 e. The smallest absolute Gasteiger partial charge is 0.217 e. The van der Waals surface area contributed by atoms with Gasteiger partial charge in [-0.2, -0.15) is 0 Å². The quantitative estimate of drug-likeness (QED) is 0.885. The molecule has 1 unspecified atom stereocenters. The van der Waals surface area contributed by atoms with Crippen molar-refractivity contribution in [2.24, 2.45) is 5.73 Å². The van der Waals surface area contributed by atoms with Crippen LogP contribution in [0.4, 0.5) is 11.4 Å². The normalized spacial score (nSPS) is 17.8. The van der Waals surface area contributed by atoms with Gasteiger partial charge in [-0.05, 0) is 30.7 Å². The number of piperazine rings is 1. The Morgan fingerprint density at radius 2 is 1.83 bits per heavy atom. The number of nitrogens with zero attached hydrogens (tertiary/aromatic N) is 2. The Hall–Kier alpha value is -2.69. The molecule has 1 fully saturated rings. The Labute approximate surface area is 142 Å². The lowest BCUT2D eigenvalue weighted by atomic mass is 10.0. The predicted molar refractivity (Wildman–Crippen MR) is 96.3 cm³/mol. The highest BCUT2D eigenvalue weighted by Gasteiger charge is 2.27. The van der Waals surface area contributed by atoms with E-state index in [1.54, 1.807) is 12.1 Å². The zero-order chi connectivity index (χ0) is 16.9. The first-order chi connectivity index (χ1) is 11.6. The van der Waals surface area contributed by atoms with Crippen LogP contribution in [0.25, 0.3) is 0 Å². The van der Waals surface area contributed by atoms with Gasteiger partial charge in [-0.3, -0.25) is 4.79 Å². The van der Waals surface area contributed by atoms with Crippen molar-refractivity contribution in [3.05, 3.63) is 54.6 Å². The molecule has 1 heterocycles. The molecule has 3 rings (SSSR count). The first kappa shape index (κ1) is 16.2. The molecule has 2 aromatic rings. The first-order valence-corrected chi connectivity index (χ1v) is 8.27. The molecule has 2 aromatic carbocycles. The van der Waals surface area contributed by atoms with Crippen molar-refractivity contribution >= 4 is 17.3 Å². The maximum atomic E-state index is 11.2. The van der Waals surface area contributed by atoms with E-state index in [-0.39, 0.29) is 17.7 Å². The van der Waals surface area contributed by atoms with Crippen LogP contribution in [0.5, 0.6) is 5.75 Å². The second-order valence-electron chi connectivity index (χ2n) is 6.15. The Bertz CT molecular complexity index is 690. The van der Waals surface area contributed by atoms with Crippen LogP contribution in [0.15, 0.2) is 54.6 Å². The summed E-state index contributed by atoms with van der Waals surface area (Å²) in [5, 5.41) is 9.77. The largest absolute Gasteiger partial charge is 0.508 e. The number of hydrogen-bond donors (Lipinski definition) is 2. The zero-order valence-electron chi connectivity index (χ0n) is 13.6. The van der Waals surface area contributed by atoms with Crippen LogP contribution in [-0.2, 0) is 4.79 Å². The topological polar surface area (TPSA) is 69.8 Å². The third-order valence-electron chi connectivity index (χ3n) is 4.49. The van der Waals surface area contributed by atoms with Gasteiger partial charge < -0.3 is 20.6 Å². The zero-order valence-corrected chi connectivity index (χ0v) is 13.6. The molecule has 0 radical (unpaired) electrons. The summed E-state index contributed by atoms with van der Waals surface area (Å²) in [5.74, 6) is -0.0191. The maximum absolute atomic E-state index is 11.2. The van der Waals surface area contributed by atoms with Gasteiger partial charge in [0, 0.05) is 49.5 Å². The van der Waals surface area contributed by atoms with Gasteiger partial charge in [0.15, 0.2) is 0 Å². The lowest BCUT2D eigenvalue weighted by Gasteiger charge is -2.44. The highest BCUT2D eigenvalue weighted by molar-refractivity contribution is 5.73. The number of phenols is 1. The number of carbonyl (C=O) groups is 1. The van der Waals surface area contributed by atoms with Gasteiger partial charge in [-0.25, -0.2) is 0 Å². The summed E-state index contributed by atoms with van der Waals surface area (Å²) in [6.45, 7) is 2.56. The number of primary amides is 1. The predicted octanol–water partition coefficient (Wildman–Crippen LogP) is 2.35. The fourth-order valence-corrected chi connectivity index (χ4v) is 3.30. The molecule has 0 saturated carbocycles. The summed E-state index contributed by atoms with van der Waals surface area (Å²) in [6, 6.07) is 17.8. The number of anilines is 2. The third-order valence-corrected chi connectivity index (χ3v) is 4.49. The van der Waals surface area contributed by atoms with Crippen molar-refractivity contribution in [1.29, 1.82) is 0 Å². The van der Waals surface area contributed by atoms with E-state index in [2.05, 4.69) is 21.9 Å². The van der Waals surface area contributed by atoms with Gasteiger partial charge in [-0.15, -0.1) is 0 Å². The fraction of sp³-hybridized carbons (Fsp3) is 0.316. The fourth-order valence-electron chi connectivity index (χ4n) is 3.30. The second kappa shape index (κ2) is 7.25. The van der Waals surface area contributed by atoms with Crippen LogP contribution in [0.2, 0.25) is 0 Å². The molecule has 1 amide bonds. The van der Waals surface area contributed by atoms with E-state index in [0.29, 0.717) is 12.8 Å². The van der Waals surface area contributed by atoms with E-state index in [9.17, 15) is 9.90 Å². The molecule has 5 nitrogen and oxygen atoms in total. The molecule has 0 bridgehead atoms. The number of phenolic OH excluding ortho intramolecular Hbond substituents is 1. The Balaban J connectivity index is 1.80. The number of benzene rings is 2. The average Bonchev–Trinajstić information content (AvgIpc) is 2.60. The molecule has 1 atom stereocenters. The summed E-state index contributed by atoms with van der Waals surface area (Å²) >= 11 is 0. The summed E-state index contributed by atoms with van der Waals surface area (Å²) in [5.41, 5.74) is 7.53. The Kier molecular flexibility index (Phi) is 4.89. The van der Waals surface area contributed by atoms with E-state index in [0.717, 1.165) is 25.3 Å². The van der Waals surface area contributed by atoms with Crippen LogP contribution < -0.4 is 15.5 Å². The number of para-hydroxylation sites is 1. The Morgan fingerprint density at radius 1 is 1.08 bits per heavy atom. The average molecular weight is 325 g/mol. The summed E-state index contributed by atoms with van der Waals surface area (Å²) in [6.07, 6.45) is 1.07. The summed E-state index contributed by atoms with van der Waals surface area (Å²) in [7, 11) is 0. The van der Waals surface area contributed by atoms with Crippen LogP contribution in [0.1, 0.15) is 12.8 Å². The molecule has 1 saturated heterocycles. The summed E-state index contributed by atoms with van der Waals surface area (Å²) < 4.78 is 0. The maximum Gasteiger partial charge on any atom is 0.217 e. The van der Waals surface area contributed by atoms with Crippen molar-refractivity contribution < 1.29 is 9.90 Å². The van der Waals surface area contributed by atoms with E-state index >= 15 is 0 Å². The molecular formula is C19H23N3O2. The van der Waals surface area contributed by atoms with Crippen molar-refractivity contribution in [1.82, 2.24) is 0 Å². The van der Waals surface area contributed by atoms with Crippen molar-refractivity contribution in [2.75, 3.05) is 29.4 Å². The van der Waals surface area contributed by atoms with Gasteiger partial charge >= 0.3 is 0 Å². The number of carbonyl (C=O) groups excluding carboxylic acids is 1. The van der Waals surface area contributed by atoms with E-state index < -0.39 is 0 Å². The number of amides is 1. The number of aromatic hydroxyl groups is 1. The summed E-state index contributed by atoms with van der Waals surface area (Å²) in [4.78, 5) is 15.8. The standard InChI is InChI=1S/C19H23N3O2/c20-19(24)10-9-17-14-21(15-5-2-1-3-6-15)11-12-22(17)16-7-4-8-18(23)13-16/h1-8,13,17,23H,9-12,14H2,(H2,20,24). The van der Waals surface area contributed by atoms with Gasteiger partial charge in [0.2, 0.25) is 5.91 Å². The molecule has 1 aliphatic heterocycles. The number of hydrogen-bond acceptors (Lipinski definition) is 4. The van der Waals surface area contributed by atoms with Crippen LogP contribution in [0.3, 0.4) is 0 Å². The lowest BCUT2D eigenvalue weighted by molar-refractivity contribution is -0.118. The number of rotatable bonds is 5. The highest BCUT2D eigenvalue weighted by atomic mass is 16.3. The van der Waals surface area contributed by atoms with Crippen molar-refractivity contribution in [3.8, 4) is 5.75 Å². The van der Waals surface area contributed by atoms with Crippen molar-refractivity contribution in [2.45, 2.75) is 18.9 Å². The molecular weight excluding hydrogens is 302 g/mol. The molecule has 0 aromatic heterocycles. The molecule has 0 aliphatic carbocycles. The third kappa shape index (κ3) is 3.79. The Morgan fingerprint density at radius 3 is 2.54 bits per heavy atom. The second-order valence-corrected chi connectivity index (χ2v) is 6.15. The van der Waals surface area contributed by atoms with Crippen molar-refractivity contribution in [3.63, 3.8) is 0 Å². The van der Waals surface area contributed by atoms with Gasteiger partial charge in [0.1, 0.15) is 5.75 Å². The van der Waals surface area contributed by atoms with Crippen LogP contribution >= 0.6 is 0 Å². The van der Waals surface area contributed by atoms with Gasteiger partial charge in [0.05, 0.1) is 0 Å². The molecule has 0 spiro atoms. The highest BCUT2D eigenvalue weighted by Crippen LogP contribution is 2.28. The SMILES string of the molecule is NC(=O)CCC1CN(c2ccccc2)CCN1c1cccc(O)c1. The van der Waals surface area contributed by atoms with Crippen LogP contribution in [0, 0.1) is 0 Å². The van der Waals surface area contributed by atoms with Crippen LogP contribution in [-0.4, -0.2) is 36.7 Å². The molecule has 126 valence electrons. The lowest BCUT2D eigenvalue weighted by Crippen LogP contribution is -2.53. The molecule has 24 heavy (non-hydrogen) atoms. The van der Waals surface area contributed by atoms with E-state index in [1.807, 2.05) is 30.3 Å². The van der Waals surface area contributed by atoms with E-state index in [4.69, 9.17) is 5.73 Å². The molecule has 1 aliphatic rings. The number of nitrogens with two attached hydrogens (primary N) is 1. The van der Waals surface area contributed by atoms with Gasteiger partial charge in [0.25, 0.3) is 0 Å². The minimum absolute atomic E-state index is 0.174. The monoisotopic (exact) mass is 325 g/mol. The first-order valence-electron chi connectivity index (χ1n) is 8.27. The minimum atomic E-state index is -0.275. The molecule has 5 heteroatoms. The molecule has 3 N–H and O–H groups in total. The van der Waals surface area contributed by atoms with Gasteiger partial charge in [-0.1, -0.05) is 24.3 Å². The van der Waals surface area contributed by atoms with E-state index in [1.165, 1.54) is 5.69 Å².